The van der Waals surface area contributed by atoms with Crippen molar-refractivity contribution >= 4 is 0 Å². The van der Waals surface area contributed by atoms with E-state index in [0.717, 1.165) is 117 Å². The fourth-order valence-corrected chi connectivity index (χ4v) is 3.44. The minimum atomic E-state index is 0.133. The maximum atomic E-state index is 8.20. The lowest BCUT2D eigenvalue weighted by Crippen LogP contribution is -1.96. The van der Waals surface area contributed by atoms with E-state index < -0.39 is 0 Å². The third kappa shape index (κ3) is 285. The summed E-state index contributed by atoms with van der Waals surface area (Å²) in [4.78, 5) is 0. The predicted molar refractivity (Wildman–Crippen MR) is 333 cm³/mol. The lowest BCUT2D eigenvalue weighted by molar-refractivity contribution is 0.102. The van der Waals surface area contributed by atoms with Gasteiger partial charge in [-0.05, 0) is 98.3 Å². The summed E-state index contributed by atoms with van der Waals surface area (Å²) in [5.41, 5.74) is 0. The maximum absolute atomic E-state index is 8.20. The van der Waals surface area contributed by atoms with Crippen LogP contribution in [-0.4, -0.2) is 243 Å². The van der Waals surface area contributed by atoms with E-state index in [9.17, 15) is 0 Å². The van der Waals surface area contributed by atoms with Gasteiger partial charge in [0.05, 0.1) is 46.2 Å². The highest BCUT2D eigenvalue weighted by Gasteiger charge is 1.81. The number of rotatable bonds is 39. The zero-order valence-corrected chi connectivity index (χ0v) is 55.5. The van der Waals surface area contributed by atoms with Gasteiger partial charge in [-0.25, -0.2) is 0 Å². The first-order chi connectivity index (χ1) is 38.4. The number of hydrogen-bond donors (Lipinski definition) is 8. The van der Waals surface area contributed by atoms with Crippen LogP contribution in [0.2, 0.25) is 0 Å². The molecule has 0 heterocycles. The van der Waals surface area contributed by atoms with Crippen molar-refractivity contribution in [2.45, 2.75) is 185 Å². The Hall–Kier alpha value is -1.02. The van der Waals surface area contributed by atoms with Crippen molar-refractivity contribution in [2.75, 3.05) is 202 Å². The van der Waals surface area contributed by atoms with Crippen LogP contribution in [0.1, 0.15) is 185 Å². The zero-order chi connectivity index (χ0) is 63.5. The third-order valence-corrected chi connectivity index (χ3v) is 7.65. The van der Waals surface area contributed by atoms with E-state index in [0.29, 0.717) is 66.1 Å². The van der Waals surface area contributed by atoms with Gasteiger partial charge < -0.3 is 93.0 Å². The molecule has 0 saturated heterocycles. The first-order valence-corrected chi connectivity index (χ1v) is 29.6. The van der Waals surface area contributed by atoms with Gasteiger partial charge >= 0.3 is 0 Å². The largest absolute Gasteiger partial charge is 0.396 e. The van der Waals surface area contributed by atoms with Crippen LogP contribution >= 0.6 is 0 Å². The summed E-state index contributed by atoms with van der Waals surface area (Å²) in [6.07, 6.45) is 21.9. The van der Waals surface area contributed by atoms with Crippen molar-refractivity contribution < 1.29 is 93.0 Å². The van der Waals surface area contributed by atoms with E-state index in [1.807, 2.05) is 33.8 Å². The fourth-order valence-electron chi connectivity index (χ4n) is 3.44. The van der Waals surface area contributed by atoms with Gasteiger partial charge in [-0.2, -0.15) is 0 Å². The average molecular weight is 1170 g/mol. The molecule has 8 N–H and O–H groups in total. The number of hydrogen-bond acceptors (Lipinski definition) is 19. The van der Waals surface area contributed by atoms with Crippen molar-refractivity contribution in [2.24, 2.45) is 0 Å². The summed E-state index contributed by atoms with van der Waals surface area (Å²) in [6, 6.07) is 0. The van der Waals surface area contributed by atoms with Crippen molar-refractivity contribution in [1.82, 2.24) is 0 Å². The highest BCUT2D eigenvalue weighted by atomic mass is 16.5. The van der Waals surface area contributed by atoms with Crippen LogP contribution in [0.3, 0.4) is 0 Å². The van der Waals surface area contributed by atoms with Crippen LogP contribution in [0.4, 0.5) is 0 Å². The number of aliphatic hydroxyl groups is 8. The van der Waals surface area contributed by atoms with E-state index in [-0.39, 0.29) is 39.6 Å². The van der Waals surface area contributed by atoms with E-state index in [2.05, 4.69) is 73.5 Å². The number of aliphatic hydroxyl groups excluding tert-OH is 8. The molecule has 0 aliphatic carbocycles. The molecule has 0 amide bonds. The summed E-state index contributed by atoms with van der Waals surface area (Å²) < 4.78 is 52.3. The summed E-state index contributed by atoms with van der Waals surface area (Å²) in [6.45, 7) is 35.6. The van der Waals surface area contributed by atoms with Crippen LogP contribution in [-0.2, 0) is 52.1 Å². The molecule has 0 rings (SSSR count). The summed E-state index contributed by atoms with van der Waals surface area (Å²) >= 11 is 0. The Balaban J connectivity index is -0.0000000543. The second-order valence-electron chi connectivity index (χ2n) is 15.4. The number of allylic oxidation sites excluding steroid dienone is 1. The van der Waals surface area contributed by atoms with E-state index in [4.69, 9.17) is 74.0 Å². The van der Waals surface area contributed by atoms with Gasteiger partial charge in [0, 0.05) is 155 Å². The molecule has 0 aliphatic heterocycles. The van der Waals surface area contributed by atoms with Crippen LogP contribution in [0.5, 0.6) is 0 Å². The quantitative estimate of drug-likeness (QED) is 0.0210. The van der Waals surface area contributed by atoms with Gasteiger partial charge in [-0.15, -0.1) is 0 Å². The lowest BCUT2D eigenvalue weighted by Gasteiger charge is -1.91. The lowest BCUT2D eigenvalue weighted by atomic mass is 10.3. The maximum Gasteiger partial charge on any atom is 0.0697 e. The van der Waals surface area contributed by atoms with Gasteiger partial charge in [0.2, 0.25) is 0 Å². The van der Waals surface area contributed by atoms with Crippen LogP contribution in [0, 0.1) is 0 Å². The number of ether oxygens (including phenoxy) is 11. The molecular formula is C60H144O19. The third-order valence-electron chi connectivity index (χ3n) is 7.65. The molecule has 0 aliphatic rings. The molecule has 0 unspecified atom stereocenters. The SMILES string of the molecule is CC/C=C\COC.CCCCCO.CCCCCO.CCCCOC.CCCCOC.CCCOCC.CCCOCC.CCOCCO.CCOCCO.COCCCO.COCCCO.COCCOC.OCCCCO. The van der Waals surface area contributed by atoms with Crippen LogP contribution in [0.25, 0.3) is 0 Å². The van der Waals surface area contributed by atoms with Gasteiger partial charge in [-0.1, -0.05) is 99.1 Å². The molecule has 79 heavy (non-hydrogen) atoms. The molecule has 0 aromatic rings. The topological polar surface area (TPSA) is 263 Å². The molecule has 0 atom stereocenters. The Morgan fingerprint density at radius 1 is 0.228 bits per heavy atom. The highest BCUT2D eigenvalue weighted by Crippen LogP contribution is 1.90. The highest BCUT2D eigenvalue weighted by molar-refractivity contribution is 4.79. The van der Waals surface area contributed by atoms with Crippen molar-refractivity contribution in [3.8, 4) is 0 Å². The number of methoxy groups -OCH3 is 7. The first-order valence-electron chi connectivity index (χ1n) is 29.6. The van der Waals surface area contributed by atoms with Gasteiger partial charge in [-0.3, -0.25) is 0 Å². The molecular weight excluding hydrogens is 1020 g/mol. The second kappa shape index (κ2) is 164. The van der Waals surface area contributed by atoms with Crippen molar-refractivity contribution in [3.05, 3.63) is 12.2 Å². The molecule has 19 nitrogen and oxygen atoms in total. The molecule has 0 radical (unpaired) electrons. The minimum absolute atomic E-state index is 0.133. The van der Waals surface area contributed by atoms with E-state index in [1.165, 1.54) is 38.5 Å². The molecule has 0 fully saturated rings. The van der Waals surface area contributed by atoms with Gasteiger partial charge in [0.1, 0.15) is 0 Å². The van der Waals surface area contributed by atoms with Crippen molar-refractivity contribution in [1.29, 1.82) is 0 Å². The van der Waals surface area contributed by atoms with E-state index >= 15 is 0 Å². The van der Waals surface area contributed by atoms with Gasteiger partial charge in [0.25, 0.3) is 0 Å². The number of unbranched alkanes of at least 4 members (excludes halogenated alkanes) is 7. The molecule has 0 aromatic carbocycles. The molecule has 0 saturated carbocycles. The van der Waals surface area contributed by atoms with Gasteiger partial charge in [0.15, 0.2) is 0 Å². The standard InChI is InChI=1S/C6H12O.6C5H12O.6C4H10O2/c1-3-4-5-6-7-2;2*1-3-4-5-6-2;2*1-3-5-6-4-2;2*1-2-3-4-5-6;1-5-3-4-6-2;2*1-6-4-2-3-5;2*1-2-6-4-3-5;5-3-1-2-4-6/h4-5H,3,6H2,1-2H3;4*3-5H2,1-2H3;2*6H,2-5H2,1H3;3-4H2,1-2H3;4*5H,2-4H2,1H3;5-6H,1-4H2/b5-4-;;;;;;;;;;;;. The molecule has 19 heteroatoms. The Bertz CT molecular complexity index is 489. The Labute approximate surface area is 490 Å². The molecule has 0 aromatic heterocycles. The first kappa shape index (κ1) is 109. The molecule has 498 valence electrons. The Morgan fingerprint density at radius 2 is 0.481 bits per heavy atom. The Morgan fingerprint density at radius 3 is 0.608 bits per heavy atom. The summed E-state index contributed by atoms with van der Waals surface area (Å²) in [7, 11) is 11.7. The Kier molecular flexibility index (Phi) is 228. The minimum Gasteiger partial charge on any atom is -0.396 e. The summed E-state index contributed by atoms with van der Waals surface area (Å²) in [5.74, 6) is 0. The molecule has 0 spiro atoms. The van der Waals surface area contributed by atoms with E-state index in [1.54, 1.807) is 49.8 Å². The predicted octanol–water partition coefficient (Wildman–Crippen LogP) is 9.76. The monoisotopic (exact) mass is 1170 g/mol. The fraction of sp³-hybridized carbons (Fsp3) is 0.967. The van der Waals surface area contributed by atoms with Crippen LogP contribution in [0.15, 0.2) is 12.2 Å². The van der Waals surface area contributed by atoms with Crippen molar-refractivity contribution in [3.63, 3.8) is 0 Å². The molecule has 0 bridgehead atoms. The second-order valence-corrected chi connectivity index (χ2v) is 15.4. The normalized spacial score (nSPS) is 9.14. The smallest absolute Gasteiger partial charge is 0.0697 e. The van der Waals surface area contributed by atoms with Crippen LogP contribution < -0.4 is 0 Å². The average Bonchev–Trinajstić information content (AvgIpc) is 3.48. The summed E-state index contributed by atoms with van der Waals surface area (Å²) in [5, 5.41) is 64.9. The zero-order valence-electron chi connectivity index (χ0n) is 55.5.